The minimum Gasteiger partial charge on any atom is -0.203 e. The van der Waals surface area contributed by atoms with Gasteiger partial charge in [-0.05, 0) is 93.2 Å². The van der Waals surface area contributed by atoms with Gasteiger partial charge in [-0.1, -0.05) is 83.1 Å². The Balaban J connectivity index is 2.88. The van der Waals surface area contributed by atoms with Crippen LogP contribution in [0.4, 0.5) is 4.48 Å². The number of sulfonamides is 2. The molecule has 0 saturated carbocycles. The van der Waals surface area contributed by atoms with Crippen LogP contribution in [0.1, 0.15) is 116 Å². The summed E-state index contributed by atoms with van der Waals surface area (Å²) in [5.74, 6) is 0. The summed E-state index contributed by atoms with van der Waals surface area (Å²) < 4.78 is 69.4. The molecule has 8 heteroatoms. The van der Waals surface area contributed by atoms with E-state index in [1.54, 1.807) is 0 Å². The molecule has 2 rings (SSSR count). The van der Waals surface area contributed by atoms with Gasteiger partial charge in [-0.2, -0.15) is 0 Å². The standard InChI is InChI=1S/C30H46FNO4S2/c1-19-23(27(3,4)5)15-21(16-24(19)28(6,7)8)37(33,34)32(31)38(35,36)22-17-25(29(9,10)11)20(2)26(18-22)30(12,13)14/h15-18H,1-14H3. The van der Waals surface area contributed by atoms with Gasteiger partial charge in [0.05, 0.1) is 13.7 Å². The van der Waals surface area contributed by atoms with E-state index in [1.807, 2.05) is 96.9 Å². The highest BCUT2D eigenvalue weighted by atomic mass is 32.3. The topological polar surface area (TPSA) is 71.5 Å². The molecule has 0 atom stereocenters. The lowest BCUT2D eigenvalue weighted by Crippen LogP contribution is -2.32. The molecule has 0 aliphatic heterocycles. The molecule has 38 heavy (non-hydrogen) atoms. The first-order chi connectivity index (χ1) is 16.6. The van der Waals surface area contributed by atoms with Crippen LogP contribution >= 0.6 is 0 Å². The zero-order chi connectivity index (χ0) is 30.0. The normalized spacial score (nSPS) is 14.3. The second-order valence-electron chi connectivity index (χ2n) is 14.4. The molecule has 214 valence electrons. The number of rotatable bonds is 4. The minimum atomic E-state index is -5.06. The van der Waals surface area contributed by atoms with E-state index in [2.05, 4.69) is 0 Å². The van der Waals surface area contributed by atoms with Gasteiger partial charge in [0.1, 0.15) is 0 Å². The number of nitrogens with zero attached hydrogens (tertiary/aromatic N) is 1. The first-order valence-electron chi connectivity index (χ1n) is 12.9. The molecule has 0 unspecified atom stereocenters. The molecule has 0 aliphatic rings. The summed E-state index contributed by atoms with van der Waals surface area (Å²) in [5.41, 5.74) is 2.88. The van der Waals surface area contributed by atoms with E-state index in [1.165, 1.54) is 24.3 Å². The first kappa shape index (κ1) is 32.4. The number of hydrogen-bond acceptors (Lipinski definition) is 4. The summed E-state index contributed by atoms with van der Waals surface area (Å²) in [6, 6.07) is 5.60. The van der Waals surface area contributed by atoms with Crippen molar-refractivity contribution in [3.8, 4) is 0 Å². The highest BCUT2D eigenvalue weighted by molar-refractivity contribution is 8.03. The van der Waals surface area contributed by atoms with Gasteiger partial charge in [0.25, 0.3) is 20.0 Å². The summed E-state index contributed by atoms with van der Waals surface area (Å²) in [4.78, 5) is -0.772. The van der Waals surface area contributed by atoms with Gasteiger partial charge < -0.3 is 0 Å². The van der Waals surface area contributed by atoms with E-state index in [0.29, 0.717) is 0 Å². The predicted molar refractivity (Wildman–Crippen MR) is 154 cm³/mol. The molecule has 0 aliphatic carbocycles. The van der Waals surface area contributed by atoms with Crippen molar-refractivity contribution in [1.82, 2.24) is 3.93 Å². The Hall–Kier alpha value is -1.77. The van der Waals surface area contributed by atoms with Gasteiger partial charge in [0, 0.05) is 0 Å². The van der Waals surface area contributed by atoms with Crippen molar-refractivity contribution in [2.24, 2.45) is 0 Å². The molecule has 2 aromatic carbocycles. The number of halogens is 1. The SMILES string of the molecule is Cc1c(C(C)(C)C)cc(S(=O)(=O)N(F)S(=O)(=O)c2cc(C(C)(C)C)c(C)c(C(C)(C)C)c2)cc1C(C)(C)C. The molecule has 5 nitrogen and oxygen atoms in total. The quantitative estimate of drug-likeness (QED) is 0.354. The van der Waals surface area contributed by atoms with E-state index in [0.717, 1.165) is 33.4 Å². The molecule has 2 aromatic rings. The zero-order valence-corrected chi connectivity index (χ0v) is 27.2. The highest BCUT2D eigenvalue weighted by Crippen LogP contribution is 2.39. The van der Waals surface area contributed by atoms with Crippen molar-refractivity contribution >= 4 is 20.0 Å². The second kappa shape index (κ2) is 9.70. The largest absolute Gasteiger partial charge is 0.283 e. The molecule has 0 aromatic heterocycles. The molecule has 0 fully saturated rings. The van der Waals surface area contributed by atoms with Gasteiger partial charge in [-0.25, -0.2) is 16.8 Å². The van der Waals surface area contributed by atoms with Gasteiger partial charge in [-0.15, -0.1) is 4.48 Å². The van der Waals surface area contributed by atoms with Gasteiger partial charge in [0.2, 0.25) is 0 Å². The number of benzene rings is 2. The van der Waals surface area contributed by atoms with Crippen molar-refractivity contribution in [2.45, 2.75) is 128 Å². The monoisotopic (exact) mass is 567 g/mol. The fraction of sp³-hybridized carbons (Fsp3) is 0.600. The average Bonchev–Trinajstić information content (AvgIpc) is 2.69. The molecule has 0 amide bonds. The highest BCUT2D eigenvalue weighted by Gasteiger charge is 2.40. The van der Waals surface area contributed by atoms with Crippen LogP contribution in [0.3, 0.4) is 0 Å². The predicted octanol–water partition coefficient (Wildman–Crippen LogP) is 7.76. The van der Waals surface area contributed by atoms with Crippen molar-refractivity contribution < 1.29 is 21.3 Å². The molecule has 0 N–H and O–H groups in total. The van der Waals surface area contributed by atoms with Crippen LogP contribution in [0, 0.1) is 13.8 Å². The Morgan fingerprint density at radius 3 is 0.842 bits per heavy atom. The Bertz CT molecular complexity index is 1260. The molecular formula is C30H46FNO4S2. The maximum absolute atomic E-state index is 15.9. The van der Waals surface area contributed by atoms with Crippen LogP contribution in [0.2, 0.25) is 0 Å². The summed E-state index contributed by atoms with van der Waals surface area (Å²) in [6.07, 6.45) is 0. The molecular weight excluding hydrogens is 521 g/mol. The molecule has 0 heterocycles. The van der Waals surface area contributed by atoms with Gasteiger partial charge in [0.15, 0.2) is 0 Å². The Morgan fingerprint density at radius 2 is 0.684 bits per heavy atom. The zero-order valence-electron chi connectivity index (χ0n) is 25.6. The van der Waals surface area contributed by atoms with Crippen molar-refractivity contribution in [3.05, 3.63) is 57.6 Å². The van der Waals surface area contributed by atoms with Gasteiger partial charge >= 0.3 is 0 Å². The van der Waals surface area contributed by atoms with Crippen LogP contribution < -0.4 is 0 Å². The third kappa shape index (κ3) is 6.18. The van der Waals surface area contributed by atoms with E-state index in [4.69, 9.17) is 0 Å². The smallest absolute Gasteiger partial charge is 0.203 e. The Labute approximate surface area is 230 Å². The van der Waals surface area contributed by atoms with Crippen LogP contribution in [0.15, 0.2) is 34.1 Å². The summed E-state index contributed by atoms with van der Waals surface area (Å²) in [6.45, 7) is 27.1. The lowest BCUT2D eigenvalue weighted by molar-refractivity contribution is 0.250. The molecule has 0 spiro atoms. The van der Waals surface area contributed by atoms with E-state index < -0.39 is 45.6 Å². The Morgan fingerprint density at radius 1 is 0.500 bits per heavy atom. The van der Waals surface area contributed by atoms with E-state index in [-0.39, 0.29) is 9.79 Å². The summed E-state index contributed by atoms with van der Waals surface area (Å²) in [7, 11) is -10.1. The molecule has 0 radical (unpaired) electrons. The fourth-order valence-corrected chi connectivity index (χ4v) is 8.03. The van der Waals surface area contributed by atoms with Crippen LogP contribution in [0.25, 0.3) is 0 Å². The lowest BCUT2D eigenvalue weighted by atomic mass is 9.77. The van der Waals surface area contributed by atoms with Crippen LogP contribution in [-0.2, 0) is 41.7 Å². The molecule has 0 bridgehead atoms. The van der Waals surface area contributed by atoms with Crippen LogP contribution in [-0.4, -0.2) is 20.8 Å². The first-order valence-corrected chi connectivity index (χ1v) is 15.8. The maximum Gasteiger partial charge on any atom is 0.283 e. The van der Waals surface area contributed by atoms with Crippen molar-refractivity contribution in [2.75, 3.05) is 0 Å². The molecule has 0 saturated heterocycles. The fourth-order valence-electron chi connectivity index (χ4n) is 5.08. The number of hydrogen-bond donors (Lipinski definition) is 0. The lowest BCUT2D eigenvalue weighted by Gasteiger charge is -2.30. The van der Waals surface area contributed by atoms with Crippen molar-refractivity contribution in [1.29, 1.82) is 0 Å². The maximum atomic E-state index is 15.9. The summed E-state index contributed by atoms with van der Waals surface area (Å²) in [5, 5.41) is 0. The van der Waals surface area contributed by atoms with E-state index >= 15 is 4.48 Å². The summed E-state index contributed by atoms with van der Waals surface area (Å²) >= 11 is 0. The second-order valence-corrected chi connectivity index (χ2v) is 18.2. The van der Waals surface area contributed by atoms with Crippen LogP contribution in [0.5, 0.6) is 0 Å². The van der Waals surface area contributed by atoms with Crippen molar-refractivity contribution in [3.63, 3.8) is 0 Å². The van der Waals surface area contributed by atoms with Gasteiger partial charge in [-0.3, -0.25) is 0 Å². The third-order valence-corrected chi connectivity index (χ3v) is 10.6. The minimum absolute atomic E-state index is 0.386. The van der Waals surface area contributed by atoms with E-state index in [9.17, 15) is 16.8 Å². The third-order valence-electron chi connectivity index (χ3n) is 6.97. The Kier molecular flexibility index (Phi) is 8.28. The average molecular weight is 568 g/mol.